The molecular weight excluding hydrogens is 200 g/mol. The fourth-order valence-corrected chi connectivity index (χ4v) is 2.75. The number of fused-ring (bicyclic) bond motifs is 1. The van der Waals surface area contributed by atoms with Crippen molar-refractivity contribution in [1.82, 2.24) is 4.98 Å². The van der Waals surface area contributed by atoms with Crippen LogP contribution in [0.15, 0.2) is 12.1 Å². The van der Waals surface area contributed by atoms with Crippen LogP contribution in [0.25, 0.3) is 0 Å². The molecule has 0 saturated carbocycles. The standard InChI is InChI=1S/C13H18N2O/c16-11-4-2-8-15(9-11)13-7-6-10-3-1-5-12(10)14-13/h6-7,11,16H,1-5,8-9H2. The Kier molecular flexibility index (Phi) is 2.56. The molecule has 1 aromatic rings. The molecule has 2 aliphatic rings. The zero-order chi connectivity index (χ0) is 11.0. The third kappa shape index (κ3) is 1.80. The number of nitrogens with zero attached hydrogens (tertiary/aromatic N) is 2. The average Bonchev–Trinajstić information content (AvgIpc) is 2.75. The molecule has 3 heteroatoms. The molecule has 1 aliphatic heterocycles. The Labute approximate surface area is 96.1 Å². The van der Waals surface area contributed by atoms with E-state index in [0.29, 0.717) is 0 Å². The zero-order valence-corrected chi connectivity index (χ0v) is 9.52. The van der Waals surface area contributed by atoms with Gasteiger partial charge in [-0.15, -0.1) is 0 Å². The van der Waals surface area contributed by atoms with Crippen molar-refractivity contribution in [3.63, 3.8) is 0 Å². The number of rotatable bonds is 1. The number of β-amino-alcohol motifs (C(OH)–C–C–N with tert-alkyl or cyclic N) is 1. The van der Waals surface area contributed by atoms with Crippen molar-refractivity contribution in [1.29, 1.82) is 0 Å². The maximum absolute atomic E-state index is 9.66. The Morgan fingerprint density at radius 2 is 2.19 bits per heavy atom. The van der Waals surface area contributed by atoms with Gasteiger partial charge in [-0.25, -0.2) is 4.98 Å². The van der Waals surface area contributed by atoms with Gasteiger partial charge in [0.15, 0.2) is 0 Å². The Morgan fingerprint density at radius 3 is 3.06 bits per heavy atom. The number of aryl methyl sites for hydroxylation is 2. The van der Waals surface area contributed by atoms with Gasteiger partial charge in [0.05, 0.1) is 6.10 Å². The molecule has 1 saturated heterocycles. The fraction of sp³-hybridized carbons (Fsp3) is 0.615. The first kappa shape index (κ1) is 10.1. The van der Waals surface area contributed by atoms with Gasteiger partial charge in [-0.2, -0.15) is 0 Å². The summed E-state index contributed by atoms with van der Waals surface area (Å²) in [6.07, 6.45) is 5.38. The summed E-state index contributed by atoms with van der Waals surface area (Å²) in [5.41, 5.74) is 2.69. The number of aliphatic hydroxyl groups is 1. The molecule has 2 heterocycles. The van der Waals surface area contributed by atoms with Gasteiger partial charge in [-0.1, -0.05) is 6.07 Å². The molecule has 0 amide bonds. The van der Waals surface area contributed by atoms with Crippen LogP contribution in [0.1, 0.15) is 30.5 Å². The number of aromatic nitrogens is 1. The maximum Gasteiger partial charge on any atom is 0.128 e. The molecule has 0 bridgehead atoms. The van der Waals surface area contributed by atoms with E-state index in [9.17, 15) is 5.11 Å². The minimum absolute atomic E-state index is 0.177. The smallest absolute Gasteiger partial charge is 0.128 e. The summed E-state index contributed by atoms with van der Waals surface area (Å²) in [6, 6.07) is 4.33. The van der Waals surface area contributed by atoms with Crippen LogP contribution in [-0.2, 0) is 12.8 Å². The van der Waals surface area contributed by atoms with Crippen molar-refractivity contribution in [2.24, 2.45) is 0 Å². The highest BCUT2D eigenvalue weighted by Crippen LogP contribution is 2.24. The van der Waals surface area contributed by atoms with Gasteiger partial charge in [0.1, 0.15) is 5.82 Å². The third-order valence-corrected chi connectivity index (χ3v) is 3.63. The molecule has 0 radical (unpaired) electrons. The normalized spacial score (nSPS) is 24.6. The van der Waals surface area contributed by atoms with Crippen LogP contribution in [-0.4, -0.2) is 29.3 Å². The van der Waals surface area contributed by atoms with E-state index in [4.69, 9.17) is 4.98 Å². The fourth-order valence-electron chi connectivity index (χ4n) is 2.75. The highest BCUT2D eigenvalue weighted by molar-refractivity contribution is 5.43. The Bertz CT molecular complexity index is 392. The molecule has 1 atom stereocenters. The lowest BCUT2D eigenvalue weighted by Crippen LogP contribution is -2.38. The minimum atomic E-state index is -0.177. The van der Waals surface area contributed by atoms with E-state index >= 15 is 0 Å². The largest absolute Gasteiger partial charge is 0.391 e. The number of anilines is 1. The van der Waals surface area contributed by atoms with Crippen molar-refractivity contribution in [2.45, 2.75) is 38.2 Å². The summed E-state index contributed by atoms with van der Waals surface area (Å²) in [5.74, 6) is 1.06. The molecule has 1 unspecified atom stereocenters. The Hall–Kier alpha value is -1.09. The van der Waals surface area contributed by atoms with E-state index in [2.05, 4.69) is 17.0 Å². The van der Waals surface area contributed by atoms with Gasteiger partial charge in [-0.3, -0.25) is 0 Å². The lowest BCUT2D eigenvalue weighted by Gasteiger charge is -2.31. The van der Waals surface area contributed by atoms with Crippen molar-refractivity contribution >= 4 is 5.82 Å². The van der Waals surface area contributed by atoms with Crippen LogP contribution in [0.3, 0.4) is 0 Å². The van der Waals surface area contributed by atoms with Crippen LogP contribution in [0, 0.1) is 0 Å². The van der Waals surface area contributed by atoms with Crippen LogP contribution in [0.5, 0.6) is 0 Å². The first-order chi connectivity index (χ1) is 7.83. The molecule has 1 fully saturated rings. The second-order valence-corrected chi connectivity index (χ2v) is 4.87. The Balaban J connectivity index is 1.83. The van der Waals surface area contributed by atoms with E-state index in [0.717, 1.165) is 38.2 Å². The summed E-state index contributed by atoms with van der Waals surface area (Å²) in [4.78, 5) is 6.94. The van der Waals surface area contributed by atoms with Crippen LogP contribution < -0.4 is 4.90 Å². The Morgan fingerprint density at radius 1 is 1.25 bits per heavy atom. The first-order valence-corrected chi connectivity index (χ1v) is 6.25. The third-order valence-electron chi connectivity index (χ3n) is 3.63. The average molecular weight is 218 g/mol. The molecule has 0 aromatic carbocycles. The lowest BCUT2D eigenvalue weighted by molar-refractivity contribution is 0.154. The molecule has 0 spiro atoms. The van der Waals surface area contributed by atoms with Gasteiger partial charge in [0.25, 0.3) is 0 Å². The summed E-state index contributed by atoms with van der Waals surface area (Å²) < 4.78 is 0. The second kappa shape index (κ2) is 4.06. The van der Waals surface area contributed by atoms with Gasteiger partial charge in [0, 0.05) is 18.8 Å². The molecule has 1 aliphatic carbocycles. The molecule has 1 aromatic heterocycles. The summed E-state index contributed by atoms with van der Waals surface area (Å²) in [7, 11) is 0. The SMILES string of the molecule is OC1CCCN(c2ccc3c(n2)CCC3)C1. The molecule has 86 valence electrons. The second-order valence-electron chi connectivity index (χ2n) is 4.87. The van der Waals surface area contributed by atoms with E-state index < -0.39 is 0 Å². The highest BCUT2D eigenvalue weighted by Gasteiger charge is 2.20. The number of hydrogen-bond donors (Lipinski definition) is 1. The lowest BCUT2D eigenvalue weighted by atomic mass is 10.1. The van der Waals surface area contributed by atoms with Crippen molar-refractivity contribution < 1.29 is 5.11 Å². The number of pyridine rings is 1. The topological polar surface area (TPSA) is 36.4 Å². The predicted octanol–water partition coefficient (Wildman–Crippen LogP) is 1.53. The van der Waals surface area contributed by atoms with Gasteiger partial charge in [0.2, 0.25) is 0 Å². The summed E-state index contributed by atoms with van der Waals surface area (Å²) in [6.45, 7) is 1.77. The highest BCUT2D eigenvalue weighted by atomic mass is 16.3. The number of piperidine rings is 1. The van der Waals surface area contributed by atoms with Gasteiger partial charge in [-0.05, 0) is 43.7 Å². The van der Waals surface area contributed by atoms with Crippen molar-refractivity contribution in [2.75, 3.05) is 18.0 Å². The van der Waals surface area contributed by atoms with Crippen molar-refractivity contribution in [3.05, 3.63) is 23.4 Å². The van der Waals surface area contributed by atoms with Crippen LogP contribution in [0.4, 0.5) is 5.82 Å². The van der Waals surface area contributed by atoms with E-state index in [1.165, 1.54) is 24.1 Å². The minimum Gasteiger partial charge on any atom is -0.391 e. The number of hydrogen-bond acceptors (Lipinski definition) is 3. The molecule has 3 nitrogen and oxygen atoms in total. The summed E-state index contributed by atoms with van der Waals surface area (Å²) >= 11 is 0. The zero-order valence-electron chi connectivity index (χ0n) is 9.52. The van der Waals surface area contributed by atoms with Crippen molar-refractivity contribution in [3.8, 4) is 0 Å². The van der Waals surface area contributed by atoms with Gasteiger partial charge >= 0.3 is 0 Å². The molecular formula is C13H18N2O. The van der Waals surface area contributed by atoms with Crippen LogP contribution >= 0.6 is 0 Å². The molecule has 1 N–H and O–H groups in total. The van der Waals surface area contributed by atoms with E-state index in [1.54, 1.807) is 0 Å². The first-order valence-electron chi connectivity index (χ1n) is 6.25. The monoisotopic (exact) mass is 218 g/mol. The molecule has 16 heavy (non-hydrogen) atoms. The number of aliphatic hydroxyl groups excluding tert-OH is 1. The molecule has 3 rings (SSSR count). The quantitative estimate of drug-likeness (QED) is 0.776. The van der Waals surface area contributed by atoms with E-state index in [1.807, 2.05) is 0 Å². The van der Waals surface area contributed by atoms with E-state index in [-0.39, 0.29) is 6.10 Å². The van der Waals surface area contributed by atoms with Crippen LogP contribution in [0.2, 0.25) is 0 Å². The maximum atomic E-state index is 9.66. The van der Waals surface area contributed by atoms with Gasteiger partial charge < -0.3 is 10.0 Å². The predicted molar refractivity (Wildman–Crippen MR) is 63.7 cm³/mol. The summed E-state index contributed by atoms with van der Waals surface area (Å²) in [5, 5.41) is 9.66.